The number of hydrogen-bond acceptors (Lipinski definition) is 6. The van der Waals surface area contributed by atoms with Crippen molar-refractivity contribution in [3.63, 3.8) is 0 Å². The van der Waals surface area contributed by atoms with E-state index in [1.54, 1.807) is 7.11 Å². The first-order chi connectivity index (χ1) is 18.9. The summed E-state index contributed by atoms with van der Waals surface area (Å²) in [7, 11) is 2.67. The third-order valence-electron chi connectivity index (χ3n) is 6.89. The minimum atomic E-state index is -0.233. The van der Waals surface area contributed by atoms with Crippen LogP contribution in [0.5, 0.6) is 5.75 Å². The van der Waals surface area contributed by atoms with Crippen LogP contribution in [0, 0.1) is 5.92 Å². The minimum absolute atomic E-state index is 0.0489. The van der Waals surface area contributed by atoms with E-state index in [0.29, 0.717) is 17.8 Å². The van der Waals surface area contributed by atoms with Gasteiger partial charge in [0, 0.05) is 12.7 Å². The molecule has 39 heavy (non-hydrogen) atoms. The van der Waals surface area contributed by atoms with Crippen molar-refractivity contribution in [3.8, 4) is 16.9 Å². The molecule has 0 heterocycles. The Balaban J connectivity index is 0.00000126. The van der Waals surface area contributed by atoms with Crippen LogP contribution in [0.4, 0.5) is 0 Å². The van der Waals surface area contributed by atoms with Gasteiger partial charge in [-0.2, -0.15) is 0 Å². The molecule has 0 aromatic heterocycles. The normalized spacial score (nSPS) is 15.6. The van der Waals surface area contributed by atoms with Crippen molar-refractivity contribution < 1.29 is 29.6 Å². The Kier molecular flexibility index (Phi) is 20.1. The first kappa shape index (κ1) is 35.9. The molecule has 6 nitrogen and oxygen atoms in total. The highest BCUT2D eigenvalue weighted by molar-refractivity contribution is 5.74. The zero-order chi connectivity index (χ0) is 29.6. The van der Waals surface area contributed by atoms with Crippen LogP contribution in [0.25, 0.3) is 16.7 Å². The Morgan fingerprint density at radius 3 is 2.00 bits per heavy atom. The quantitative estimate of drug-likeness (QED) is 0.174. The lowest BCUT2D eigenvalue weighted by Gasteiger charge is -2.29. The summed E-state index contributed by atoms with van der Waals surface area (Å²) >= 11 is 0. The van der Waals surface area contributed by atoms with Crippen LogP contribution in [0.1, 0.15) is 75.3 Å². The molecular weight excluding hydrogens is 492 g/mol. The summed E-state index contributed by atoms with van der Waals surface area (Å²) in [5, 5.41) is 24.4. The van der Waals surface area contributed by atoms with Gasteiger partial charge in [-0.15, -0.1) is 0 Å². The molecule has 2 aromatic carbocycles. The molecule has 0 radical (unpaired) electrons. The highest BCUT2D eigenvalue weighted by atomic mass is 16.5. The maximum atomic E-state index is 9.48. The smallest absolute Gasteiger partial charge is 0.147 e. The van der Waals surface area contributed by atoms with Gasteiger partial charge in [0.1, 0.15) is 18.8 Å². The molecule has 3 rings (SSSR count). The number of carbonyl (C=O) groups is 2. The fourth-order valence-electron chi connectivity index (χ4n) is 4.63. The van der Waals surface area contributed by atoms with Crippen molar-refractivity contribution in [2.24, 2.45) is 5.92 Å². The molecule has 1 saturated carbocycles. The van der Waals surface area contributed by atoms with Crippen LogP contribution in [-0.2, 0) is 9.59 Å². The number of unbranched alkanes of at least 4 members (excludes halogenated alkanes) is 2. The molecule has 1 fully saturated rings. The number of ether oxygens (including phenoxy) is 1. The number of aldehydes is 1. The molecule has 0 unspecified atom stereocenters. The Labute approximate surface area is 235 Å². The van der Waals surface area contributed by atoms with Crippen LogP contribution in [0.2, 0.25) is 0 Å². The second-order valence-electron chi connectivity index (χ2n) is 9.48. The van der Waals surface area contributed by atoms with Gasteiger partial charge in [0.25, 0.3) is 0 Å². The van der Waals surface area contributed by atoms with Crippen molar-refractivity contribution in [3.05, 3.63) is 72.3 Å². The number of hydrogen-bond donors (Lipinski definition) is 3. The summed E-state index contributed by atoms with van der Waals surface area (Å²) in [6.07, 6.45) is 11.5. The largest absolute Gasteiger partial charge is 0.497 e. The van der Waals surface area contributed by atoms with Gasteiger partial charge >= 0.3 is 0 Å². The summed E-state index contributed by atoms with van der Waals surface area (Å²) < 4.78 is 5.45. The van der Waals surface area contributed by atoms with Crippen LogP contribution in [-0.4, -0.2) is 55.8 Å². The minimum Gasteiger partial charge on any atom is -0.497 e. The zero-order valence-corrected chi connectivity index (χ0v) is 24.0. The van der Waals surface area contributed by atoms with Crippen molar-refractivity contribution in [2.45, 2.75) is 64.2 Å². The molecule has 6 heteroatoms. The molecule has 0 spiro atoms. The van der Waals surface area contributed by atoms with E-state index in [0.717, 1.165) is 29.9 Å². The van der Waals surface area contributed by atoms with Crippen LogP contribution < -0.4 is 4.74 Å². The molecule has 0 saturated heterocycles. The topological polar surface area (TPSA) is 104 Å². The predicted octanol–water partition coefficient (Wildman–Crippen LogP) is 6.38. The van der Waals surface area contributed by atoms with Gasteiger partial charge in [-0.25, -0.2) is 0 Å². The van der Waals surface area contributed by atoms with Crippen molar-refractivity contribution in [1.29, 1.82) is 0 Å². The van der Waals surface area contributed by atoms with Gasteiger partial charge in [0.05, 0.1) is 20.3 Å². The molecule has 0 aliphatic heterocycles. The molecule has 1 aliphatic rings. The summed E-state index contributed by atoms with van der Waals surface area (Å²) in [6.45, 7) is 11.1. The first-order valence-electron chi connectivity index (χ1n) is 13.5. The molecular formula is C33H48O6. The predicted molar refractivity (Wildman–Crippen MR) is 161 cm³/mol. The maximum Gasteiger partial charge on any atom is 0.147 e. The summed E-state index contributed by atoms with van der Waals surface area (Å²) in [5.74, 6) is 2.45. The van der Waals surface area contributed by atoms with E-state index in [2.05, 4.69) is 50.4 Å². The highest BCUT2D eigenvalue weighted by Gasteiger charge is 2.22. The highest BCUT2D eigenvalue weighted by Crippen LogP contribution is 2.38. The lowest BCUT2D eigenvalue weighted by atomic mass is 9.77. The fourth-order valence-corrected chi connectivity index (χ4v) is 4.63. The average Bonchev–Trinajstić information content (AvgIpc) is 3.02. The first-order valence-corrected chi connectivity index (χ1v) is 13.5. The van der Waals surface area contributed by atoms with E-state index in [9.17, 15) is 9.90 Å². The van der Waals surface area contributed by atoms with Crippen molar-refractivity contribution >= 4 is 18.6 Å². The third-order valence-corrected chi connectivity index (χ3v) is 6.89. The monoisotopic (exact) mass is 540 g/mol. The second kappa shape index (κ2) is 21.8. The Bertz CT molecular complexity index is 959. The van der Waals surface area contributed by atoms with E-state index in [1.807, 2.05) is 18.9 Å². The average molecular weight is 541 g/mol. The molecule has 0 atom stereocenters. The third kappa shape index (κ3) is 13.0. The number of aliphatic hydroxyl groups is 3. The molecule has 0 amide bonds. The summed E-state index contributed by atoms with van der Waals surface area (Å²) in [4.78, 5) is 17.5. The summed E-state index contributed by atoms with van der Waals surface area (Å²) in [5.41, 5.74) is 5.59. The molecule has 216 valence electrons. The lowest BCUT2D eigenvalue weighted by molar-refractivity contribution is -0.105. The van der Waals surface area contributed by atoms with Gasteiger partial charge < -0.3 is 24.9 Å². The number of methoxy groups -OCH3 is 1. The number of rotatable bonds is 11. The van der Waals surface area contributed by atoms with Gasteiger partial charge in [-0.1, -0.05) is 70.0 Å². The van der Waals surface area contributed by atoms with Gasteiger partial charge in [-0.3, -0.25) is 4.79 Å². The van der Waals surface area contributed by atoms with E-state index in [-0.39, 0.29) is 18.8 Å². The molecule has 1 aliphatic carbocycles. The molecule has 2 aromatic rings. The number of carbonyl (C=O) groups excluding carboxylic acids is 2. The lowest BCUT2D eigenvalue weighted by Crippen LogP contribution is -2.13. The van der Waals surface area contributed by atoms with E-state index >= 15 is 0 Å². The van der Waals surface area contributed by atoms with Gasteiger partial charge in [0.15, 0.2) is 0 Å². The van der Waals surface area contributed by atoms with E-state index < -0.39 is 0 Å². The standard InChI is InChI=1S/C27H36O2.C4H6O2.CH4O.CH2O/c1-4-5-6-7-21-8-10-22(11-9-21)23-12-14-24(15-13-23)26-16-25(20(2)19-28)17-27(18-26)29-3;1-4(2-5)3-6;2*1-2/h12-18,21-22,28H,2,4-11,19H2,1,3H3;2,6H,1,3H2;2H,1H3;1H2. The van der Waals surface area contributed by atoms with Crippen molar-refractivity contribution in [1.82, 2.24) is 0 Å². The van der Waals surface area contributed by atoms with E-state index in [1.165, 1.54) is 62.5 Å². The maximum absolute atomic E-state index is 9.48. The van der Waals surface area contributed by atoms with Crippen molar-refractivity contribution in [2.75, 3.05) is 27.4 Å². The summed E-state index contributed by atoms with van der Waals surface area (Å²) in [6, 6.07) is 15.1. The van der Waals surface area contributed by atoms with Gasteiger partial charge in [-0.05, 0) is 83.5 Å². The second-order valence-corrected chi connectivity index (χ2v) is 9.48. The molecule has 3 N–H and O–H groups in total. The Morgan fingerprint density at radius 1 is 0.923 bits per heavy atom. The molecule has 0 bridgehead atoms. The fraction of sp³-hybridized carbons (Fsp3) is 0.455. The van der Waals surface area contributed by atoms with E-state index in [4.69, 9.17) is 19.7 Å². The van der Waals surface area contributed by atoms with Gasteiger partial charge in [0.2, 0.25) is 0 Å². The Morgan fingerprint density at radius 2 is 1.54 bits per heavy atom. The zero-order valence-electron chi connectivity index (χ0n) is 24.0. The number of benzene rings is 2. The Hall–Kier alpha value is -3.06. The van der Waals surface area contributed by atoms with Crippen LogP contribution >= 0.6 is 0 Å². The van der Waals surface area contributed by atoms with Crippen LogP contribution in [0.15, 0.2) is 61.2 Å². The SMILES string of the molecule is C=C(C=O)CO.C=C(CO)c1cc(OC)cc(-c2ccc(C3CCC(CCCCC)CC3)cc2)c1.C=O.CO. The number of aliphatic hydroxyl groups excluding tert-OH is 3. The van der Waals surface area contributed by atoms with Crippen LogP contribution in [0.3, 0.4) is 0 Å².